The Morgan fingerprint density at radius 2 is 1.33 bits per heavy atom. The van der Waals surface area contributed by atoms with Crippen LogP contribution in [-0.4, -0.2) is 159 Å². The molecule has 3 aliphatic rings. The van der Waals surface area contributed by atoms with Crippen molar-refractivity contribution in [2.45, 2.75) is 119 Å². The van der Waals surface area contributed by atoms with Crippen molar-refractivity contribution >= 4 is 5.91 Å². The maximum Gasteiger partial charge on any atom is 0.217 e. The normalized spacial score (nSPS) is 47.1. The summed E-state index contributed by atoms with van der Waals surface area (Å²) >= 11 is 0. The number of aliphatic hydroxyl groups is 8. The predicted molar refractivity (Wildman–Crippen MR) is 125 cm³/mol. The first-order valence-electron chi connectivity index (χ1n) is 12.9. The molecule has 16 nitrogen and oxygen atoms in total. The molecule has 9 N–H and O–H groups in total. The van der Waals surface area contributed by atoms with Crippen molar-refractivity contribution in [3.8, 4) is 0 Å². The molecule has 0 aromatic heterocycles. The molecule has 0 unspecified atom stereocenters. The molecular formula is C23H41NO15. The van der Waals surface area contributed by atoms with Crippen LogP contribution >= 0.6 is 0 Å². The van der Waals surface area contributed by atoms with E-state index < -0.39 is 111 Å². The highest BCUT2D eigenvalue weighted by atomic mass is 16.8. The van der Waals surface area contributed by atoms with E-state index >= 15 is 0 Å². The molecule has 3 fully saturated rings. The lowest BCUT2D eigenvalue weighted by molar-refractivity contribution is -0.369. The molecule has 3 rings (SSSR count). The lowest BCUT2D eigenvalue weighted by Gasteiger charge is -2.49. The average molecular weight is 572 g/mol. The van der Waals surface area contributed by atoms with E-state index in [0.29, 0.717) is 6.42 Å². The number of amides is 1. The summed E-state index contributed by atoms with van der Waals surface area (Å²) in [6.45, 7) is 3.28. The molecule has 15 atom stereocenters. The molecule has 0 spiro atoms. The van der Waals surface area contributed by atoms with Gasteiger partial charge in [-0.25, -0.2) is 0 Å². The topological polar surface area (TPSA) is 246 Å². The Labute approximate surface area is 224 Å². The van der Waals surface area contributed by atoms with E-state index in [-0.39, 0.29) is 6.61 Å². The van der Waals surface area contributed by atoms with Crippen molar-refractivity contribution in [1.82, 2.24) is 5.32 Å². The van der Waals surface area contributed by atoms with Crippen molar-refractivity contribution < 1.29 is 74.1 Å². The standard InChI is InChI=1S/C23H41NO15/c1-4-5-34-23-20(17(32)13(28)8(2)35-23)39-21-12(24-9(3)27)19(15(30)11(7-26)36-21)38-22-18(33)16(31)14(29)10(6-25)37-22/h8,10-23,25-26,28-33H,4-7H2,1-3H3,(H,24,27)/t8-,10+,11+,12+,13-,14-,15-,16-,17+,18+,19+,20+,21-,22-,23+/m0/s1. The summed E-state index contributed by atoms with van der Waals surface area (Å²) in [6, 6.07) is -1.37. The molecule has 0 radical (unpaired) electrons. The second-order valence-electron chi connectivity index (χ2n) is 9.90. The Kier molecular flexibility index (Phi) is 11.8. The number of nitrogens with one attached hydrogen (secondary N) is 1. The van der Waals surface area contributed by atoms with Crippen LogP contribution in [0.15, 0.2) is 0 Å². The van der Waals surface area contributed by atoms with Crippen LogP contribution in [0.3, 0.4) is 0 Å². The van der Waals surface area contributed by atoms with E-state index in [9.17, 15) is 45.6 Å². The number of hydrogen-bond acceptors (Lipinski definition) is 15. The van der Waals surface area contributed by atoms with Gasteiger partial charge in [0.15, 0.2) is 18.9 Å². The van der Waals surface area contributed by atoms with Gasteiger partial charge in [0, 0.05) is 13.5 Å². The molecule has 16 heteroatoms. The second-order valence-corrected chi connectivity index (χ2v) is 9.90. The molecule has 0 bridgehead atoms. The Hall–Kier alpha value is -1.09. The van der Waals surface area contributed by atoms with Gasteiger partial charge >= 0.3 is 0 Å². The van der Waals surface area contributed by atoms with Crippen LogP contribution in [0.25, 0.3) is 0 Å². The summed E-state index contributed by atoms with van der Waals surface area (Å²) < 4.78 is 34.1. The lowest BCUT2D eigenvalue weighted by atomic mass is 9.94. The first-order valence-corrected chi connectivity index (χ1v) is 12.9. The molecule has 39 heavy (non-hydrogen) atoms. The fraction of sp³-hybridized carbons (Fsp3) is 0.957. The van der Waals surface area contributed by atoms with Gasteiger partial charge in [-0.05, 0) is 13.3 Å². The first kappa shape index (κ1) is 32.4. The first-order chi connectivity index (χ1) is 18.4. The number of rotatable bonds is 10. The third kappa shape index (κ3) is 7.22. The lowest BCUT2D eigenvalue weighted by Crippen LogP contribution is -2.69. The van der Waals surface area contributed by atoms with Gasteiger partial charge in [-0.2, -0.15) is 0 Å². The molecule has 3 saturated heterocycles. The van der Waals surface area contributed by atoms with Gasteiger partial charge in [-0.15, -0.1) is 0 Å². The van der Waals surface area contributed by atoms with E-state index in [1.54, 1.807) is 0 Å². The molecule has 3 heterocycles. The Morgan fingerprint density at radius 3 is 1.92 bits per heavy atom. The average Bonchev–Trinajstić information content (AvgIpc) is 2.90. The van der Waals surface area contributed by atoms with Crippen molar-refractivity contribution in [2.75, 3.05) is 19.8 Å². The van der Waals surface area contributed by atoms with Crippen LogP contribution in [0, 0.1) is 0 Å². The smallest absolute Gasteiger partial charge is 0.217 e. The highest BCUT2D eigenvalue weighted by molar-refractivity contribution is 5.73. The fourth-order valence-corrected chi connectivity index (χ4v) is 4.74. The zero-order valence-electron chi connectivity index (χ0n) is 21.9. The Balaban J connectivity index is 1.90. The number of carbonyl (C=O) groups excluding carboxylic acids is 1. The van der Waals surface area contributed by atoms with Crippen LogP contribution in [0.2, 0.25) is 0 Å². The van der Waals surface area contributed by atoms with Gasteiger partial charge in [0.05, 0.1) is 19.3 Å². The third-order valence-electron chi connectivity index (χ3n) is 6.93. The van der Waals surface area contributed by atoms with Gasteiger partial charge in [0.25, 0.3) is 0 Å². The number of hydrogen-bond donors (Lipinski definition) is 9. The van der Waals surface area contributed by atoms with E-state index in [1.807, 2.05) is 6.92 Å². The largest absolute Gasteiger partial charge is 0.394 e. The molecule has 0 aromatic carbocycles. The van der Waals surface area contributed by atoms with Gasteiger partial charge in [-0.3, -0.25) is 4.79 Å². The second kappa shape index (κ2) is 14.2. The predicted octanol–water partition coefficient (Wildman–Crippen LogP) is -4.97. The molecule has 228 valence electrons. The number of ether oxygens (including phenoxy) is 6. The Bertz CT molecular complexity index is 776. The maximum atomic E-state index is 12.1. The zero-order chi connectivity index (χ0) is 29.0. The SMILES string of the molecule is CCCO[C@@H]1O[C@@H](C)[C@H](O)[C@@H](O)[C@H]1O[C@@H]1O[C@H](CO)[C@H](O)[C@H](O[C@@H]2O[C@H](CO)[C@H](O)[C@H](O)[C@H]2O)[C@H]1NC(C)=O. The quantitative estimate of drug-likeness (QED) is 0.119. The fourth-order valence-electron chi connectivity index (χ4n) is 4.74. The molecule has 0 saturated carbocycles. The minimum absolute atomic E-state index is 0.224. The summed E-state index contributed by atoms with van der Waals surface area (Å²) in [5, 5.41) is 84.6. The van der Waals surface area contributed by atoms with Crippen LogP contribution < -0.4 is 5.32 Å². The summed E-state index contributed by atoms with van der Waals surface area (Å²) in [5.41, 5.74) is 0. The third-order valence-corrected chi connectivity index (χ3v) is 6.93. The van der Waals surface area contributed by atoms with Crippen LogP contribution in [0.5, 0.6) is 0 Å². The van der Waals surface area contributed by atoms with Gasteiger partial charge in [-0.1, -0.05) is 6.92 Å². The van der Waals surface area contributed by atoms with Crippen LogP contribution in [-0.2, 0) is 33.2 Å². The minimum atomic E-state index is -1.83. The van der Waals surface area contributed by atoms with E-state index in [4.69, 9.17) is 28.4 Å². The Morgan fingerprint density at radius 1 is 0.744 bits per heavy atom. The van der Waals surface area contributed by atoms with Crippen LogP contribution in [0.1, 0.15) is 27.2 Å². The van der Waals surface area contributed by atoms with Crippen molar-refractivity contribution in [3.63, 3.8) is 0 Å². The summed E-state index contributed by atoms with van der Waals surface area (Å²) in [6.07, 6.45) is -20.0. The van der Waals surface area contributed by atoms with Gasteiger partial charge in [0.1, 0.15) is 67.1 Å². The highest BCUT2D eigenvalue weighted by Gasteiger charge is 2.54. The number of carbonyl (C=O) groups is 1. The van der Waals surface area contributed by atoms with E-state index in [2.05, 4.69) is 5.32 Å². The highest BCUT2D eigenvalue weighted by Crippen LogP contribution is 2.33. The monoisotopic (exact) mass is 571 g/mol. The molecular weight excluding hydrogens is 530 g/mol. The van der Waals surface area contributed by atoms with E-state index in [0.717, 1.165) is 6.92 Å². The summed E-state index contributed by atoms with van der Waals surface area (Å²) in [5.74, 6) is -0.623. The van der Waals surface area contributed by atoms with Crippen molar-refractivity contribution in [3.05, 3.63) is 0 Å². The van der Waals surface area contributed by atoms with Crippen molar-refractivity contribution in [2.24, 2.45) is 0 Å². The minimum Gasteiger partial charge on any atom is -0.394 e. The maximum absolute atomic E-state index is 12.1. The van der Waals surface area contributed by atoms with E-state index in [1.165, 1.54) is 6.92 Å². The molecule has 0 aromatic rings. The summed E-state index contributed by atoms with van der Waals surface area (Å²) in [7, 11) is 0. The van der Waals surface area contributed by atoms with Crippen molar-refractivity contribution in [1.29, 1.82) is 0 Å². The number of aliphatic hydroxyl groups excluding tert-OH is 8. The van der Waals surface area contributed by atoms with Gasteiger partial charge < -0.3 is 74.6 Å². The molecule has 1 amide bonds. The summed E-state index contributed by atoms with van der Waals surface area (Å²) in [4.78, 5) is 12.1. The van der Waals surface area contributed by atoms with Crippen LogP contribution in [0.4, 0.5) is 0 Å². The van der Waals surface area contributed by atoms with Gasteiger partial charge in [0.2, 0.25) is 5.91 Å². The zero-order valence-corrected chi connectivity index (χ0v) is 21.9. The molecule has 0 aliphatic carbocycles. The molecule has 3 aliphatic heterocycles.